The summed E-state index contributed by atoms with van der Waals surface area (Å²) in [6.45, 7) is 3.38. The Morgan fingerprint density at radius 1 is 0.804 bits per heavy atom. The quantitative estimate of drug-likeness (QED) is 0.176. The van der Waals surface area contributed by atoms with Crippen molar-refractivity contribution < 1.29 is 42.7 Å². The van der Waals surface area contributed by atoms with Crippen molar-refractivity contribution in [1.29, 1.82) is 0 Å². The van der Waals surface area contributed by atoms with Crippen LogP contribution >= 0.6 is 27.5 Å². The van der Waals surface area contributed by atoms with Gasteiger partial charge in [-0.1, -0.05) is 33.6 Å². The number of amidine groups is 2. The highest BCUT2D eigenvalue weighted by molar-refractivity contribution is 9.10. The smallest absolute Gasteiger partial charge is 0.283 e. The number of rotatable bonds is 4. The lowest BCUT2D eigenvalue weighted by molar-refractivity contribution is -0.162. The van der Waals surface area contributed by atoms with E-state index in [0.29, 0.717) is 75.1 Å². The summed E-state index contributed by atoms with van der Waals surface area (Å²) in [6.07, 6.45) is 2.90. The molecule has 286 valence electrons. The van der Waals surface area contributed by atoms with E-state index in [0.717, 1.165) is 10.0 Å². The van der Waals surface area contributed by atoms with Crippen LogP contribution in [0.15, 0.2) is 93.6 Å². The molecule has 5 aliphatic rings. The van der Waals surface area contributed by atoms with E-state index < -0.39 is 22.7 Å². The molecule has 0 saturated carbocycles. The van der Waals surface area contributed by atoms with Gasteiger partial charge in [0.25, 0.3) is 12.0 Å². The molecule has 17 heteroatoms. The van der Waals surface area contributed by atoms with E-state index in [4.69, 9.17) is 56.2 Å². The minimum atomic E-state index is -1.05. The van der Waals surface area contributed by atoms with Gasteiger partial charge >= 0.3 is 0 Å². The number of fused-ring (bicyclic) bond motifs is 8. The number of hydrogen-bond acceptors (Lipinski definition) is 14. The van der Waals surface area contributed by atoms with Gasteiger partial charge in [-0.3, -0.25) is 0 Å². The van der Waals surface area contributed by atoms with Crippen LogP contribution in [-0.2, 0) is 30.0 Å². The molecule has 0 amide bonds. The average molecular weight is 846 g/mol. The van der Waals surface area contributed by atoms with Crippen LogP contribution in [0.4, 0.5) is 4.39 Å². The van der Waals surface area contributed by atoms with Crippen molar-refractivity contribution in [2.24, 2.45) is 21.5 Å². The summed E-state index contributed by atoms with van der Waals surface area (Å²) in [7, 11) is 0. The number of aromatic hydroxyl groups is 1. The highest BCUT2D eigenvalue weighted by Gasteiger charge is 2.49. The van der Waals surface area contributed by atoms with Crippen LogP contribution in [0.3, 0.4) is 0 Å². The SMILES string of the molecule is CC1(COc2cnc3c(c2)C2(COC(N)=N2)c2cc(-c4cc(Cl)ccc4F)ccc2O3)OCCO1.NC1=NC2(CO1)c1cc(Br)ccc1Oc1ncc(O)cc12. The Bertz CT molecular complexity index is 2430. The van der Waals surface area contributed by atoms with Crippen LogP contribution in [0.5, 0.6) is 34.8 Å². The van der Waals surface area contributed by atoms with Crippen LogP contribution in [0.25, 0.3) is 11.1 Å². The first-order valence-electron chi connectivity index (χ1n) is 17.3. The van der Waals surface area contributed by atoms with Crippen molar-refractivity contribution in [1.82, 2.24) is 9.97 Å². The van der Waals surface area contributed by atoms with Gasteiger partial charge in [-0.05, 0) is 73.2 Å². The minimum absolute atomic E-state index is 0.0368. The van der Waals surface area contributed by atoms with Gasteiger partial charge in [-0.2, -0.15) is 0 Å². The molecule has 5 N–H and O–H groups in total. The molecule has 5 aliphatic heterocycles. The van der Waals surface area contributed by atoms with E-state index in [-0.39, 0.29) is 37.6 Å². The van der Waals surface area contributed by atoms with Gasteiger partial charge < -0.3 is 49.7 Å². The lowest BCUT2D eigenvalue weighted by Gasteiger charge is -2.33. The van der Waals surface area contributed by atoms with Gasteiger partial charge in [-0.25, -0.2) is 24.3 Å². The highest BCUT2D eigenvalue weighted by Crippen LogP contribution is 2.53. The molecule has 1 saturated heterocycles. The second kappa shape index (κ2) is 13.5. The lowest BCUT2D eigenvalue weighted by atomic mass is 9.81. The fraction of sp³-hybridized carbons (Fsp3) is 0.231. The molecule has 3 aromatic carbocycles. The molecule has 0 bridgehead atoms. The molecule has 5 aromatic rings. The topological polar surface area (TPSA) is 187 Å². The fourth-order valence-corrected chi connectivity index (χ4v) is 7.75. The molecule has 2 aromatic heterocycles. The Kier molecular flexibility index (Phi) is 8.68. The molecular weight excluding hydrogens is 815 g/mol. The number of aliphatic imine (C=N–C) groups is 2. The summed E-state index contributed by atoms with van der Waals surface area (Å²) in [5, 5.41) is 10.2. The van der Waals surface area contributed by atoms with Crippen molar-refractivity contribution in [3.63, 3.8) is 0 Å². The maximum absolute atomic E-state index is 14.6. The van der Waals surface area contributed by atoms with Gasteiger partial charge in [0.2, 0.25) is 11.8 Å². The first-order valence-corrected chi connectivity index (χ1v) is 18.4. The minimum Gasteiger partial charge on any atom is -0.506 e. The Morgan fingerprint density at radius 3 is 2.09 bits per heavy atom. The average Bonchev–Trinajstić information content (AvgIpc) is 3.92. The van der Waals surface area contributed by atoms with Crippen LogP contribution in [0.1, 0.15) is 29.2 Å². The normalized spacial score (nSPS) is 21.8. The monoisotopic (exact) mass is 844 g/mol. The van der Waals surface area contributed by atoms with Gasteiger partial charge in [0, 0.05) is 26.2 Å². The molecule has 56 heavy (non-hydrogen) atoms. The summed E-state index contributed by atoms with van der Waals surface area (Å²) in [5.41, 5.74) is 13.5. The predicted molar refractivity (Wildman–Crippen MR) is 204 cm³/mol. The molecule has 0 radical (unpaired) electrons. The van der Waals surface area contributed by atoms with E-state index in [1.807, 2.05) is 31.2 Å². The Morgan fingerprint density at radius 2 is 1.43 bits per heavy atom. The van der Waals surface area contributed by atoms with E-state index in [2.05, 4.69) is 35.9 Å². The highest BCUT2D eigenvalue weighted by atomic mass is 79.9. The van der Waals surface area contributed by atoms with E-state index in [1.165, 1.54) is 18.3 Å². The molecule has 10 rings (SSSR count). The number of pyridine rings is 2. The third-order valence-electron chi connectivity index (χ3n) is 9.88. The number of nitrogens with two attached hydrogens (primary N) is 2. The molecule has 7 heterocycles. The number of hydrogen-bond donors (Lipinski definition) is 3. The van der Waals surface area contributed by atoms with E-state index in [9.17, 15) is 9.50 Å². The van der Waals surface area contributed by atoms with Crippen molar-refractivity contribution in [3.8, 4) is 45.9 Å². The standard InChI is InChI=1S/C25H21ClFN3O5.C14H10BrN3O3/c1-24(33-6-7-34-24)12-31-16-10-19-22(29-11-16)35-21-5-2-14(17-9-15(26)3-4-20(17)27)8-18(21)25(19)13-32-23(28)30-25;15-7-1-2-11-9(3-7)14(6-20-13(16)18-14)10-4-8(19)5-17-12(10)21-11/h2-5,8-11H,6-7,12-13H2,1H3,(H2,28,30);1-5,19H,6H2,(H2,16,18). The second-order valence-corrected chi connectivity index (χ2v) is 14.9. The van der Waals surface area contributed by atoms with E-state index >= 15 is 0 Å². The molecule has 2 spiro atoms. The zero-order valence-electron chi connectivity index (χ0n) is 29.4. The van der Waals surface area contributed by atoms with Crippen LogP contribution in [0, 0.1) is 5.82 Å². The molecule has 1 fully saturated rings. The number of aromatic nitrogens is 2. The fourth-order valence-electron chi connectivity index (χ4n) is 7.22. The third kappa shape index (κ3) is 6.18. The van der Waals surface area contributed by atoms with Crippen LogP contribution in [-0.4, -0.2) is 65.9 Å². The maximum Gasteiger partial charge on any atom is 0.283 e. The lowest BCUT2D eigenvalue weighted by Crippen LogP contribution is -2.34. The maximum atomic E-state index is 14.6. The van der Waals surface area contributed by atoms with Crippen LogP contribution in [0.2, 0.25) is 5.02 Å². The van der Waals surface area contributed by atoms with Crippen molar-refractivity contribution in [2.45, 2.75) is 23.8 Å². The first-order chi connectivity index (χ1) is 26.9. The largest absolute Gasteiger partial charge is 0.506 e. The Balaban J connectivity index is 0.000000166. The molecule has 0 aliphatic carbocycles. The molecular formula is C39H31BrClFN6O8. The zero-order chi connectivity index (χ0) is 38.8. The Hall–Kier alpha value is -5.68. The van der Waals surface area contributed by atoms with Gasteiger partial charge in [0.15, 0.2) is 16.9 Å². The van der Waals surface area contributed by atoms with Crippen LogP contribution < -0.4 is 25.7 Å². The second-order valence-electron chi connectivity index (χ2n) is 13.6. The van der Waals surface area contributed by atoms with Gasteiger partial charge in [-0.15, -0.1) is 0 Å². The van der Waals surface area contributed by atoms with Crippen molar-refractivity contribution in [3.05, 3.63) is 117 Å². The van der Waals surface area contributed by atoms with Gasteiger partial charge in [0.05, 0.1) is 36.7 Å². The molecule has 14 nitrogen and oxygen atoms in total. The number of ether oxygens (including phenoxy) is 7. The molecule has 2 unspecified atom stereocenters. The predicted octanol–water partition coefficient (Wildman–Crippen LogP) is 6.62. The number of halogens is 3. The summed E-state index contributed by atoms with van der Waals surface area (Å²) >= 11 is 9.58. The number of nitrogens with zero attached hydrogens (tertiary/aromatic N) is 4. The summed E-state index contributed by atoms with van der Waals surface area (Å²) in [6, 6.07) is 18.9. The van der Waals surface area contributed by atoms with E-state index in [1.54, 1.807) is 36.5 Å². The third-order valence-corrected chi connectivity index (χ3v) is 10.6. The summed E-state index contributed by atoms with van der Waals surface area (Å²) < 4.78 is 55.6. The Labute approximate surface area is 331 Å². The number of benzene rings is 3. The zero-order valence-corrected chi connectivity index (χ0v) is 31.8. The first kappa shape index (κ1) is 36.0. The molecule has 2 atom stereocenters. The van der Waals surface area contributed by atoms with Crippen molar-refractivity contribution >= 4 is 39.6 Å². The summed E-state index contributed by atoms with van der Waals surface area (Å²) in [5.74, 6) is 1.21. The van der Waals surface area contributed by atoms with Gasteiger partial charge in [0.1, 0.15) is 48.6 Å². The summed E-state index contributed by atoms with van der Waals surface area (Å²) in [4.78, 5) is 17.7. The van der Waals surface area contributed by atoms with Crippen molar-refractivity contribution in [2.75, 3.05) is 33.0 Å².